The van der Waals surface area contributed by atoms with Gasteiger partial charge < -0.3 is 10.2 Å². The van der Waals surface area contributed by atoms with Crippen molar-refractivity contribution in [2.45, 2.75) is 32.0 Å². The molecule has 1 aliphatic carbocycles. The van der Waals surface area contributed by atoms with Gasteiger partial charge in [0.2, 0.25) is 0 Å². The van der Waals surface area contributed by atoms with E-state index in [1.165, 1.54) is 18.4 Å². The third-order valence-electron chi connectivity index (χ3n) is 3.47. The Morgan fingerprint density at radius 3 is 3.00 bits per heavy atom. The Balaban J connectivity index is 1.72. The third-order valence-corrected chi connectivity index (χ3v) is 4.20. The van der Waals surface area contributed by atoms with Crippen LogP contribution in [0.2, 0.25) is 0 Å². The lowest BCUT2D eigenvalue weighted by Crippen LogP contribution is -2.21. The standard InChI is InChI=1S/C15H18FN3S/c1-19(9-11-5-7-20-10-11)15-14(16)12(4-6-17-15)8-18-13-2-3-13/h4-7,10,13,18H,2-3,8-9H2,1H3. The van der Waals surface area contributed by atoms with Gasteiger partial charge in [-0.1, -0.05) is 0 Å². The molecule has 2 aromatic rings. The molecule has 0 atom stereocenters. The number of anilines is 1. The summed E-state index contributed by atoms with van der Waals surface area (Å²) in [7, 11) is 1.88. The molecule has 3 rings (SSSR count). The molecule has 1 N–H and O–H groups in total. The topological polar surface area (TPSA) is 28.2 Å². The predicted molar refractivity (Wildman–Crippen MR) is 80.5 cm³/mol. The summed E-state index contributed by atoms with van der Waals surface area (Å²) in [6, 6.07) is 4.39. The van der Waals surface area contributed by atoms with Gasteiger partial charge in [-0.2, -0.15) is 11.3 Å². The van der Waals surface area contributed by atoms with E-state index in [2.05, 4.69) is 21.7 Å². The Labute approximate surface area is 122 Å². The van der Waals surface area contributed by atoms with Crippen LogP contribution < -0.4 is 10.2 Å². The zero-order valence-corrected chi connectivity index (χ0v) is 12.3. The van der Waals surface area contributed by atoms with Gasteiger partial charge in [0.1, 0.15) is 0 Å². The van der Waals surface area contributed by atoms with Crippen molar-refractivity contribution in [3.8, 4) is 0 Å². The van der Waals surface area contributed by atoms with Crippen LogP contribution in [-0.2, 0) is 13.1 Å². The Hall–Kier alpha value is -1.46. The molecule has 2 aromatic heterocycles. The van der Waals surface area contributed by atoms with Gasteiger partial charge in [0.15, 0.2) is 11.6 Å². The maximum Gasteiger partial charge on any atom is 0.170 e. The Bertz CT molecular complexity index is 567. The molecular formula is C15H18FN3S. The Kier molecular flexibility index (Phi) is 3.98. The first-order valence-electron chi connectivity index (χ1n) is 6.83. The molecule has 0 amide bonds. The molecule has 5 heteroatoms. The average Bonchev–Trinajstić information content (AvgIpc) is 3.14. The van der Waals surface area contributed by atoms with E-state index in [1.807, 2.05) is 17.3 Å². The molecule has 0 spiro atoms. The number of rotatable bonds is 6. The van der Waals surface area contributed by atoms with Gasteiger partial charge in [-0.15, -0.1) is 0 Å². The molecular weight excluding hydrogens is 273 g/mol. The summed E-state index contributed by atoms with van der Waals surface area (Å²) >= 11 is 1.65. The van der Waals surface area contributed by atoms with Crippen molar-refractivity contribution < 1.29 is 4.39 Å². The van der Waals surface area contributed by atoms with E-state index in [0.717, 1.165) is 0 Å². The average molecular weight is 291 g/mol. The second-order valence-corrected chi connectivity index (χ2v) is 6.03. The van der Waals surface area contributed by atoms with E-state index >= 15 is 0 Å². The maximum atomic E-state index is 14.5. The molecule has 20 heavy (non-hydrogen) atoms. The van der Waals surface area contributed by atoms with E-state index in [9.17, 15) is 4.39 Å². The predicted octanol–water partition coefficient (Wildman–Crippen LogP) is 3.17. The summed E-state index contributed by atoms with van der Waals surface area (Å²) in [6.45, 7) is 1.26. The summed E-state index contributed by atoms with van der Waals surface area (Å²) in [5.74, 6) is 0.213. The number of pyridine rings is 1. The third kappa shape index (κ3) is 3.16. The number of aromatic nitrogens is 1. The number of nitrogens with one attached hydrogen (secondary N) is 1. The smallest absolute Gasteiger partial charge is 0.170 e. The highest BCUT2D eigenvalue weighted by Gasteiger charge is 2.21. The molecule has 2 heterocycles. The van der Waals surface area contributed by atoms with E-state index in [1.54, 1.807) is 23.6 Å². The van der Waals surface area contributed by atoms with Crippen LogP contribution >= 0.6 is 11.3 Å². The van der Waals surface area contributed by atoms with Crippen LogP contribution in [0.15, 0.2) is 29.1 Å². The van der Waals surface area contributed by atoms with Crippen LogP contribution in [0.25, 0.3) is 0 Å². The van der Waals surface area contributed by atoms with Crippen LogP contribution in [0.5, 0.6) is 0 Å². The molecule has 0 radical (unpaired) electrons. The molecule has 0 bridgehead atoms. The highest BCUT2D eigenvalue weighted by Crippen LogP contribution is 2.23. The number of nitrogens with zero attached hydrogens (tertiary/aromatic N) is 2. The van der Waals surface area contributed by atoms with Gasteiger partial charge in [0.25, 0.3) is 0 Å². The quantitative estimate of drug-likeness (QED) is 0.886. The van der Waals surface area contributed by atoms with Crippen LogP contribution in [0, 0.1) is 5.82 Å². The highest BCUT2D eigenvalue weighted by molar-refractivity contribution is 7.07. The summed E-state index contributed by atoms with van der Waals surface area (Å²) in [5.41, 5.74) is 1.87. The highest BCUT2D eigenvalue weighted by atomic mass is 32.1. The fourth-order valence-corrected chi connectivity index (χ4v) is 2.81. The van der Waals surface area contributed by atoms with Crippen molar-refractivity contribution >= 4 is 17.2 Å². The minimum Gasteiger partial charge on any atom is -0.353 e. The minimum atomic E-state index is -0.210. The maximum absolute atomic E-state index is 14.5. The molecule has 3 nitrogen and oxygen atoms in total. The second-order valence-electron chi connectivity index (χ2n) is 5.25. The second kappa shape index (κ2) is 5.89. The fourth-order valence-electron chi connectivity index (χ4n) is 2.15. The van der Waals surface area contributed by atoms with E-state index in [4.69, 9.17) is 0 Å². The van der Waals surface area contributed by atoms with Crippen molar-refractivity contribution in [1.82, 2.24) is 10.3 Å². The van der Waals surface area contributed by atoms with Crippen LogP contribution in [0.4, 0.5) is 10.2 Å². The number of thiophene rings is 1. The van der Waals surface area contributed by atoms with E-state index < -0.39 is 0 Å². The van der Waals surface area contributed by atoms with Gasteiger partial charge >= 0.3 is 0 Å². The molecule has 1 fully saturated rings. The number of halogens is 1. The van der Waals surface area contributed by atoms with E-state index in [0.29, 0.717) is 30.5 Å². The first kappa shape index (κ1) is 13.5. The van der Waals surface area contributed by atoms with Crippen LogP contribution in [0.1, 0.15) is 24.0 Å². The fraction of sp³-hybridized carbons (Fsp3) is 0.400. The van der Waals surface area contributed by atoms with Crippen molar-refractivity contribution in [2.75, 3.05) is 11.9 Å². The Morgan fingerprint density at radius 2 is 2.30 bits per heavy atom. The minimum absolute atomic E-state index is 0.210. The van der Waals surface area contributed by atoms with Gasteiger partial charge in [-0.25, -0.2) is 9.37 Å². The molecule has 0 saturated heterocycles. The monoisotopic (exact) mass is 291 g/mol. The molecule has 1 aliphatic rings. The summed E-state index contributed by atoms with van der Waals surface area (Å²) in [5, 5.41) is 7.45. The number of hydrogen-bond donors (Lipinski definition) is 1. The molecule has 0 unspecified atom stereocenters. The van der Waals surface area contributed by atoms with Gasteiger partial charge in [-0.05, 0) is 41.3 Å². The first-order chi connectivity index (χ1) is 9.74. The lowest BCUT2D eigenvalue weighted by molar-refractivity contribution is 0.577. The normalized spacial score (nSPS) is 14.5. The van der Waals surface area contributed by atoms with Crippen LogP contribution in [0.3, 0.4) is 0 Å². The summed E-state index contributed by atoms with van der Waals surface area (Å²) in [4.78, 5) is 6.05. The lowest BCUT2D eigenvalue weighted by atomic mass is 10.2. The van der Waals surface area contributed by atoms with Crippen molar-refractivity contribution in [3.05, 3.63) is 46.0 Å². The zero-order chi connectivity index (χ0) is 13.9. The van der Waals surface area contributed by atoms with E-state index in [-0.39, 0.29) is 5.82 Å². The molecule has 106 valence electrons. The SMILES string of the molecule is CN(Cc1ccsc1)c1nccc(CNC2CC2)c1F. The lowest BCUT2D eigenvalue weighted by Gasteiger charge is -2.19. The van der Waals surface area contributed by atoms with Crippen molar-refractivity contribution in [2.24, 2.45) is 0 Å². The summed E-state index contributed by atoms with van der Waals surface area (Å²) < 4.78 is 14.5. The van der Waals surface area contributed by atoms with Crippen molar-refractivity contribution in [1.29, 1.82) is 0 Å². The molecule has 0 aliphatic heterocycles. The van der Waals surface area contributed by atoms with Gasteiger partial charge in [0.05, 0.1) is 0 Å². The van der Waals surface area contributed by atoms with Gasteiger partial charge in [0, 0.05) is 37.9 Å². The number of hydrogen-bond acceptors (Lipinski definition) is 4. The largest absolute Gasteiger partial charge is 0.353 e. The molecule has 1 saturated carbocycles. The zero-order valence-electron chi connectivity index (χ0n) is 11.5. The first-order valence-corrected chi connectivity index (χ1v) is 7.77. The Morgan fingerprint density at radius 1 is 1.45 bits per heavy atom. The van der Waals surface area contributed by atoms with Crippen molar-refractivity contribution in [3.63, 3.8) is 0 Å². The summed E-state index contributed by atoms with van der Waals surface area (Å²) in [6.07, 6.45) is 4.10. The molecule has 0 aromatic carbocycles. The van der Waals surface area contributed by atoms with Gasteiger partial charge in [-0.3, -0.25) is 0 Å². The van der Waals surface area contributed by atoms with Crippen LogP contribution in [-0.4, -0.2) is 18.1 Å².